The van der Waals surface area contributed by atoms with Crippen LogP contribution in [0.4, 0.5) is 0 Å². The van der Waals surface area contributed by atoms with Crippen molar-refractivity contribution in [1.29, 1.82) is 0 Å². The lowest BCUT2D eigenvalue weighted by atomic mass is 9.91. The molecule has 6 unspecified atom stereocenters. The SMILES string of the molecule is CCCC(=O)/C=C/[C@@H]1[C@H]2CC(=O)O[C@H]2C[C@H]1OB(P)P.O=C1C[C@@H]2[C@@H](CO)[C@H](OB(P)P)C[C@@H]2O1.O=C[C@@H]1[C@H]2CC(=O)O[C@H]2C[C@H]1OB(P)P. The molecule has 0 aromatic carbocycles. The van der Waals surface area contributed by atoms with Crippen LogP contribution in [0.25, 0.3) is 0 Å². The zero-order valence-electron chi connectivity index (χ0n) is 28.2. The zero-order valence-corrected chi connectivity index (χ0v) is 35.1. The molecule has 0 amide bonds. The Labute approximate surface area is 309 Å². The summed E-state index contributed by atoms with van der Waals surface area (Å²) < 4.78 is 32.8. The topological polar surface area (TPSA) is 161 Å². The third kappa shape index (κ3) is 11.6. The Morgan fingerprint density at radius 3 is 1.62 bits per heavy atom. The summed E-state index contributed by atoms with van der Waals surface area (Å²) >= 11 is 0. The molecule has 21 heteroatoms. The van der Waals surface area contributed by atoms with Gasteiger partial charge < -0.3 is 38.1 Å². The molecule has 6 fully saturated rings. The number of fused-ring (bicyclic) bond motifs is 3. The van der Waals surface area contributed by atoms with Gasteiger partial charge in [0.1, 0.15) is 24.6 Å². The van der Waals surface area contributed by atoms with Crippen LogP contribution in [0.1, 0.15) is 58.3 Å². The summed E-state index contributed by atoms with van der Waals surface area (Å²) in [7, 11) is 15.3. The molecular formula is C29H49B3O12P6. The van der Waals surface area contributed by atoms with Crippen LogP contribution in [0, 0.1) is 35.5 Å². The van der Waals surface area contributed by atoms with E-state index in [-0.39, 0.29) is 121 Å². The second-order valence-electron chi connectivity index (χ2n) is 13.5. The van der Waals surface area contributed by atoms with E-state index in [2.05, 4.69) is 54.7 Å². The largest absolute Gasteiger partial charge is 0.462 e. The summed E-state index contributed by atoms with van der Waals surface area (Å²) in [6.45, 7) is 2.05. The van der Waals surface area contributed by atoms with Gasteiger partial charge in [0.25, 0.3) is 0 Å². The molecule has 3 heterocycles. The average Bonchev–Trinajstić information content (AvgIpc) is 3.83. The minimum Gasteiger partial charge on any atom is -0.462 e. The van der Waals surface area contributed by atoms with E-state index < -0.39 is 0 Å². The third-order valence-electron chi connectivity index (χ3n) is 10.1. The lowest BCUT2D eigenvalue weighted by Gasteiger charge is -2.22. The first-order valence-corrected chi connectivity index (χ1v) is 21.1. The van der Waals surface area contributed by atoms with E-state index >= 15 is 0 Å². The van der Waals surface area contributed by atoms with Gasteiger partial charge in [-0.1, -0.05) is 13.0 Å². The molecule has 6 aliphatic rings. The Kier molecular flexibility index (Phi) is 17.3. The highest BCUT2D eigenvalue weighted by Gasteiger charge is 2.52. The minimum absolute atomic E-state index is 0.00176. The Balaban J connectivity index is 0.000000171. The van der Waals surface area contributed by atoms with Crippen molar-refractivity contribution in [3.8, 4) is 0 Å². The first-order valence-electron chi connectivity index (χ1n) is 17.1. The lowest BCUT2D eigenvalue weighted by Crippen LogP contribution is -2.28. The number of aliphatic hydroxyl groups is 1. The van der Waals surface area contributed by atoms with E-state index in [4.69, 9.17) is 28.2 Å². The molecule has 3 aliphatic heterocycles. The predicted molar refractivity (Wildman–Crippen MR) is 211 cm³/mol. The van der Waals surface area contributed by atoms with Crippen molar-refractivity contribution in [1.82, 2.24) is 0 Å². The third-order valence-corrected chi connectivity index (χ3v) is 11.1. The molecule has 0 aromatic heterocycles. The Morgan fingerprint density at radius 1 is 0.740 bits per heavy atom. The fourth-order valence-corrected chi connectivity index (χ4v) is 9.27. The molecule has 3 aliphatic carbocycles. The zero-order chi connectivity index (χ0) is 36.7. The number of allylic oxidation sites excluding steroid dienone is 1. The summed E-state index contributed by atoms with van der Waals surface area (Å²) in [6.07, 6.45) is 8.70. The standard InChI is InChI=1S/C13H21BO4P2.C8H15BO4P2.C8H13BO4P2/c1-2-3-8(15)4-5-9-10-6-13(16)17-11(10)7-12(9)18-14(19)20;2*10-3-5-4-1-8(11)12-6(4)2-7(5)13-9(14)15/h4-5,9-12H,2-3,6-7,19-20H2,1H3;4-7,10H,1-3,14-15H2;3-7H,1-2,14-15H2/b5-4+;;/t9-,10-,11+,12-;2*4-,5-,6+,7-/m111/s1. The second-order valence-corrected chi connectivity index (χ2v) is 19.8. The van der Waals surface area contributed by atoms with Gasteiger partial charge in [0, 0.05) is 73.9 Å². The van der Waals surface area contributed by atoms with Gasteiger partial charge in [-0.05, 0) is 12.5 Å². The van der Waals surface area contributed by atoms with E-state index in [1.807, 2.05) is 13.0 Å². The average molecular weight is 808 g/mol. The highest BCUT2D eigenvalue weighted by Crippen LogP contribution is 2.45. The molecule has 3 saturated carbocycles. The van der Waals surface area contributed by atoms with Crippen LogP contribution < -0.4 is 0 Å². The Hall–Kier alpha value is 0.105. The lowest BCUT2D eigenvalue weighted by molar-refractivity contribution is -0.142. The summed E-state index contributed by atoms with van der Waals surface area (Å²) in [6, 6.07) is 0. The second kappa shape index (κ2) is 20.1. The van der Waals surface area contributed by atoms with Gasteiger partial charge in [-0.2, -0.15) is 0 Å². The summed E-state index contributed by atoms with van der Waals surface area (Å²) in [5, 5.41) is 9.32. The number of ether oxygens (including phenoxy) is 3. The quantitative estimate of drug-likeness (QED) is 0.0767. The fourth-order valence-electron chi connectivity index (χ4n) is 8.06. The maximum Gasteiger partial charge on any atom is 0.336 e. The van der Waals surface area contributed by atoms with Crippen LogP contribution in [0.5, 0.6) is 0 Å². The van der Waals surface area contributed by atoms with E-state index in [9.17, 15) is 29.1 Å². The highest BCUT2D eigenvalue weighted by atomic mass is 31.1. The number of carbonyl (C=O) groups is 5. The molecule has 3 saturated heterocycles. The summed E-state index contributed by atoms with van der Waals surface area (Å²) in [4.78, 5) is 56.2. The predicted octanol–water partition coefficient (Wildman–Crippen LogP) is 2.29. The van der Waals surface area contributed by atoms with Crippen LogP contribution >= 0.6 is 54.7 Å². The van der Waals surface area contributed by atoms with Crippen molar-refractivity contribution in [2.75, 3.05) is 6.61 Å². The van der Waals surface area contributed by atoms with Crippen molar-refractivity contribution in [3.05, 3.63) is 12.2 Å². The number of carbonyl (C=O) groups excluding carboxylic acids is 5. The number of esters is 3. The van der Waals surface area contributed by atoms with Gasteiger partial charge in [0.15, 0.2) is 5.78 Å². The maximum absolute atomic E-state index is 11.7. The van der Waals surface area contributed by atoms with Gasteiger partial charge in [-0.3, -0.25) is 19.2 Å². The fraction of sp³-hybridized carbons (Fsp3) is 0.759. The molecule has 50 heavy (non-hydrogen) atoms. The number of hydrogen-bond acceptors (Lipinski definition) is 12. The van der Waals surface area contributed by atoms with Gasteiger partial charge in [-0.25, -0.2) is 0 Å². The van der Waals surface area contributed by atoms with Crippen molar-refractivity contribution < 1.29 is 57.3 Å². The monoisotopic (exact) mass is 808 g/mol. The molecule has 276 valence electrons. The summed E-state index contributed by atoms with van der Waals surface area (Å²) in [5.41, 5.74) is 0. The van der Waals surface area contributed by atoms with Crippen molar-refractivity contribution >= 4 is 104 Å². The Bertz CT molecular complexity index is 1250. The summed E-state index contributed by atoms with van der Waals surface area (Å²) in [5.74, 6) is -0.120. The number of rotatable bonds is 12. The van der Waals surface area contributed by atoms with Gasteiger partial charge in [-0.15, -0.1) is 54.7 Å². The van der Waals surface area contributed by atoms with Gasteiger partial charge in [0.05, 0.1) is 31.5 Å². The van der Waals surface area contributed by atoms with Crippen LogP contribution in [-0.2, 0) is 52.1 Å². The molecule has 1 N–H and O–H groups in total. The number of hydrogen-bond donors (Lipinski definition) is 1. The van der Waals surface area contributed by atoms with Crippen LogP contribution in [0.3, 0.4) is 0 Å². The molecule has 18 atom stereocenters. The van der Waals surface area contributed by atoms with Gasteiger partial charge in [0.2, 0.25) is 0 Å². The van der Waals surface area contributed by atoms with Gasteiger partial charge >= 0.3 is 37.0 Å². The minimum atomic E-state index is -0.204. The molecule has 12 nitrogen and oxygen atoms in total. The van der Waals surface area contributed by atoms with Crippen molar-refractivity contribution in [2.24, 2.45) is 35.5 Å². The number of ketones is 1. The first-order chi connectivity index (χ1) is 23.7. The van der Waals surface area contributed by atoms with Crippen molar-refractivity contribution in [2.45, 2.75) is 94.9 Å². The normalized spacial score (nSPS) is 36.3. The molecular weight excluding hydrogens is 759 g/mol. The smallest absolute Gasteiger partial charge is 0.336 e. The van der Waals surface area contributed by atoms with Crippen molar-refractivity contribution in [3.63, 3.8) is 0 Å². The van der Waals surface area contributed by atoms with Crippen LogP contribution in [0.2, 0.25) is 0 Å². The van der Waals surface area contributed by atoms with E-state index in [0.717, 1.165) is 12.7 Å². The van der Waals surface area contributed by atoms with E-state index in [1.165, 1.54) is 0 Å². The first kappa shape index (κ1) is 42.8. The highest BCUT2D eigenvalue weighted by molar-refractivity contribution is 7.92. The molecule has 0 radical (unpaired) electrons. The molecule has 0 aromatic rings. The number of aldehydes is 1. The van der Waals surface area contributed by atoms with E-state index in [1.54, 1.807) is 6.08 Å². The molecule has 6 rings (SSSR count). The maximum atomic E-state index is 11.7. The van der Waals surface area contributed by atoms with Crippen LogP contribution in [0.15, 0.2) is 12.2 Å². The Morgan fingerprint density at radius 2 is 1.16 bits per heavy atom. The van der Waals surface area contributed by atoms with Crippen LogP contribution in [-0.4, -0.2) is 97.4 Å². The molecule has 0 bridgehead atoms. The molecule has 0 spiro atoms. The number of aliphatic hydroxyl groups excluding tert-OH is 1. The van der Waals surface area contributed by atoms with E-state index in [0.29, 0.717) is 44.9 Å².